The van der Waals surface area contributed by atoms with Gasteiger partial charge in [-0.2, -0.15) is 0 Å². The van der Waals surface area contributed by atoms with Crippen molar-refractivity contribution in [3.8, 4) is 5.75 Å². The molecule has 0 bridgehead atoms. The molecule has 0 radical (unpaired) electrons. The lowest BCUT2D eigenvalue weighted by atomic mass is 9.99. The first-order valence-corrected chi connectivity index (χ1v) is 21.8. The number of rotatable bonds is 19. The van der Waals surface area contributed by atoms with Gasteiger partial charge in [-0.3, -0.25) is 19.4 Å². The molecule has 1 unspecified atom stereocenters. The smallest absolute Gasteiger partial charge is 0.315 e. The van der Waals surface area contributed by atoms with Crippen molar-refractivity contribution in [1.29, 1.82) is 0 Å². The molecule has 1 heterocycles. The first-order chi connectivity index (χ1) is 26.7. The Morgan fingerprint density at radius 2 is 1.60 bits per heavy atom. The number of carbonyl (C=O) groups excluding carboxylic acids is 4. The molecule has 7 N–H and O–H groups in total. The fourth-order valence-corrected chi connectivity index (χ4v) is 8.49. The summed E-state index contributed by atoms with van der Waals surface area (Å²) in [5.41, 5.74) is 8.55. The Bertz CT molecular complexity index is 2010. The molecular formula is C39H55BrN8O7S2. The Morgan fingerprint density at radius 1 is 0.930 bits per heavy atom. The average Bonchev–Trinajstić information content (AvgIpc) is 3.67. The highest BCUT2D eigenvalue weighted by Gasteiger charge is 2.33. The Hall–Kier alpha value is -4.55. The van der Waals surface area contributed by atoms with E-state index in [2.05, 4.69) is 51.9 Å². The standard InChI is InChI=1S/C39H55BrN8O7S2/c1-21(2)19-30(46-39(52)44-26(8)27-12-14-28(40)15-13-27)35(50)47-32(22(3)4)36(51)45-29(33(49)37-42-17-18-56-37)11-10-16-43-38(41)48-57(53,54)34-23(5)20-31(55-9)24(6)25(34)7/h12-15,17-18,20-22,26,29-30,32H,10-11,16,19H2,1-9H3,(H,45,51)(H,47,50)(H3,41,43,48)(H2,44,46,52)/t26?,29-,30-,32-/m0/s1. The Balaban J connectivity index is 1.71. The van der Waals surface area contributed by atoms with Gasteiger partial charge in [0.2, 0.25) is 23.6 Å². The van der Waals surface area contributed by atoms with Crippen molar-refractivity contribution in [1.82, 2.24) is 31.0 Å². The molecule has 0 aliphatic rings. The number of sulfonamides is 1. The number of hydrogen-bond acceptors (Lipinski definition) is 10. The lowest BCUT2D eigenvalue weighted by Gasteiger charge is -2.28. The van der Waals surface area contributed by atoms with Gasteiger partial charge in [0.05, 0.1) is 24.1 Å². The molecule has 0 fully saturated rings. The van der Waals surface area contributed by atoms with Crippen LogP contribution in [0.1, 0.15) is 92.0 Å². The van der Waals surface area contributed by atoms with E-state index in [1.54, 1.807) is 46.1 Å². The molecule has 0 saturated carbocycles. The maximum absolute atomic E-state index is 13.8. The Labute approximate surface area is 348 Å². The van der Waals surface area contributed by atoms with Gasteiger partial charge in [-0.15, -0.1) is 11.3 Å². The van der Waals surface area contributed by atoms with Gasteiger partial charge in [0.1, 0.15) is 17.8 Å². The minimum atomic E-state index is -4.09. The second kappa shape index (κ2) is 21.3. The summed E-state index contributed by atoms with van der Waals surface area (Å²) in [6.45, 7) is 14.3. The van der Waals surface area contributed by atoms with Crippen molar-refractivity contribution in [3.05, 3.63) is 73.6 Å². The number of methoxy groups -OCH3 is 1. The zero-order valence-corrected chi connectivity index (χ0v) is 37.1. The number of guanidine groups is 1. The molecule has 57 heavy (non-hydrogen) atoms. The van der Waals surface area contributed by atoms with Gasteiger partial charge in [-0.1, -0.05) is 55.8 Å². The van der Waals surface area contributed by atoms with Crippen molar-refractivity contribution < 1.29 is 32.3 Å². The van der Waals surface area contributed by atoms with Crippen molar-refractivity contribution in [2.75, 3.05) is 13.7 Å². The fourth-order valence-electron chi connectivity index (χ4n) is 6.11. The van der Waals surface area contributed by atoms with Gasteiger partial charge in [0.15, 0.2) is 5.01 Å². The van der Waals surface area contributed by atoms with E-state index in [0.717, 1.165) is 21.4 Å². The summed E-state index contributed by atoms with van der Waals surface area (Å²) in [5.74, 6) is -1.70. The summed E-state index contributed by atoms with van der Waals surface area (Å²) < 4.78 is 35.2. The molecule has 4 atom stereocenters. The summed E-state index contributed by atoms with van der Waals surface area (Å²) in [7, 11) is -2.58. The quantitative estimate of drug-likeness (QED) is 0.0403. The number of aliphatic imine (C=N–C) groups is 1. The van der Waals surface area contributed by atoms with Crippen LogP contribution >= 0.6 is 27.3 Å². The van der Waals surface area contributed by atoms with Crippen molar-refractivity contribution in [2.24, 2.45) is 22.6 Å². The van der Waals surface area contributed by atoms with Gasteiger partial charge in [-0.05, 0) is 99.2 Å². The number of nitrogens with one attached hydrogen (secondary N) is 5. The molecule has 3 aromatic rings. The third kappa shape index (κ3) is 13.5. The van der Waals surface area contributed by atoms with E-state index in [1.807, 2.05) is 45.0 Å². The van der Waals surface area contributed by atoms with E-state index in [9.17, 15) is 27.6 Å². The average molecular weight is 892 g/mol. The maximum Gasteiger partial charge on any atom is 0.315 e. The third-order valence-corrected chi connectivity index (χ3v) is 12.2. The number of nitrogens with zero attached hydrogens (tertiary/aromatic N) is 2. The first kappa shape index (κ1) is 46.8. The summed E-state index contributed by atoms with van der Waals surface area (Å²) in [6, 6.07) is 5.21. The molecule has 0 saturated heterocycles. The number of amides is 4. The van der Waals surface area contributed by atoms with Crippen LogP contribution in [0.25, 0.3) is 0 Å². The van der Waals surface area contributed by atoms with E-state index >= 15 is 0 Å². The fraction of sp³-hybridized carbons (Fsp3) is 0.487. The molecule has 15 nitrogen and oxygen atoms in total. The third-order valence-electron chi connectivity index (χ3n) is 9.21. The van der Waals surface area contributed by atoms with E-state index in [4.69, 9.17) is 10.5 Å². The van der Waals surface area contributed by atoms with E-state index < -0.39 is 57.7 Å². The van der Waals surface area contributed by atoms with E-state index in [1.165, 1.54) is 13.3 Å². The van der Waals surface area contributed by atoms with Crippen LogP contribution in [0.5, 0.6) is 5.75 Å². The predicted molar refractivity (Wildman–Crippen MR) is 226 cm³/mol. The topological polar surface area (TPSA) is 223 Å². The van der Waals surface area contributed by atoms with Crippen LogP contribution in [0.2, 0.25) is 0 Å². The number of ketones is 1. The molecule has 0 aliphatic heterocycles. The minimum Gasteiger partial charge on any atom is -0.496 e. The number of ether oxygens (including phenoxy) is 1. The lowest BCUT2D eigenvalue weighted by molar-refractivity contribution is -0.131. The lowest BCUT2D eigenvalue weighted by Crippen LogP contribution is -2.58. The number of aromatic nitrogens is 1. The number of hydrogen-bond donors (Lipinski definition) is 6. The second-order valence-electron chi connectivity index (χ2n) is 14.6. The molecule has 0 spiro atoms. The van der Waals surface area contributed by atoms with Gasteiger partial charge in [0, 0.05) is 22.6 Å². The van der Waals surface area contributed by atoms with Gasteiger partial charge in [0.25, 0.3) is 10.0 Å². The minimum absolute atomic E-state index is 0.0286. The molecule has 2 aromatic carbocycles. The molecule has 4 amide bonds. The maximum atomic E-state index is 13.8. The second-order valence-corrected chi connectivity index (χ2v) is 18.0. The normalized spacial score (nSPS) is 14.0. The molecule has 0 aliphatic carbocycles. The van der Waals surface area contributed by atoms with Crippen molar-refractivity contribution in [2.45, 2.75) is 104 Å². The monoisotopic (exact) mass is 890 g/mol. The number of carbonyl (C=O) groups is 4. The van der Waals surface area contributed by atoms with E-state index in [-0.39, 0.29) is 47.2 Å². The highest BCUT2D eigenvalue weighted by molar-refractivity contribution is 9.10. The predicted octanol–water partition coefficient (Wildman–Crippen LogP) is 5.20. The summed E-state index contributed by atoms with van der Waals surface area (Å²) in [4.78, 5) is 62.5. The zero-order chi connectivity index (χ0) is 42.6. The summed E-state index contributed by atoms with van der Waals surface area (Å²) >= 11 is 4.53. The number of thiazole rings is 1. The van der Waals surface area contributed by atoms with Gasteiger partial charge < -0.3 is 31.7 Å². The highest BCUT2D eigenvalue weighted by atomic mass is 79.9. The van der Waals surface area contributed by atoms with Gasteiger partial charge >= 0.3 is 6.03 Å². The van der Waals surface area contributed by atoms with Crippen LogP contribution < -0.4 is 36.5 Å². The van der Waals surface area contributed by atoms with Crippen LogP contribution in [-0.4, -0.2) is 74.8 Å². The number of aryl methyl sites for hydroxylation is 1. The highest BCUT2D eigenvalue weighted by Crippen LogP contribution is 2.30. The van der Waals surface area contributed by atoms with Crippen LogP contribution in [-0.2, 0) is 19.6 Å². The number of nitrogens with two attached hydrogens (primary N) is 1. The van der Waals surface area contributed by atoms with Gasteiger partial charge in [-0.25, -0.2) is 22.9 Å². The van der Waals surface area contributed by atoms with E-state index in [0.29, 0.717) is 28.9 Å². The molecule has 18 heteroatoms. The van der Waals surface area contributed by atoms with Crippen molar-refractivity contribution >= 4 is 66.9 Å². The number of urea groups is 1. The zero-order valence-electron chi connectivity index (χ0n) is 33.9. The summed E-state index contributed by atoms with van der Waals surface area (Å²) in [6.07, 6.45) is 2.13. The molecule has 3 rings (SSSR count). The first-order valence-electron chi connectivity index (χ1n) is 18.6. The molecular weight excluding hydrogens is 837 g/mol. The number of benzene rings is 2. The van der Waals surface area contributed by atoms with Crippen molar-refractivity contribution in [3.63, 3.8) is 0 Å². The van der Waals surface area contributed by atoms with Crippen LogP contribution in [0, 0.1) is 32.6 Å². The number of halogens is 1. The largest absolute Gasteiger partial charge is 0.496 e. The Morgan fingerprint density at radius 3 is 2.18 bits per heavy atom. The van der Waals surface area contributed by atoms with Crippen LogP contribution in [0.3, 0.4) is 0 Å². The molecule has 1 aromatic heterocycles. The van der Waals surface area contributed by atoms with Crippen LogP contribution in [0.4, 0.5) is 4.79 Å². The summed E-state index contributed by atoms with van der Waals surface area (Å²) in [5, 5.41) is 13.1. The Kier molecular flexibility index (Phi) is 17.5. The molecule has 312 valence electrons. The van der Waals surface area contributed by atoms with Crippen LogP contribution in [0.15, 0.2) is 56.3 Å². The SMILES string of the molecule is COc1cc(C)c(S(=O)(=O)NC(N)=NCCC[C@H](NC(=O)[C@@H](NC(=O)[C@H](CC(C)C)NC(=O)NC(C)c2ccc(Br)cc2)C(C)C)C(=O)c2nccs2)c(C)c1C. The number of Topliss-reactive ketones (excluding diaryl/α,β-unsaturated/α-hetero) is 1.